The number of benzene rings is 1. The highest BCUT2D eigenvalue weighted by Crippen LogP contribution is 2.12. The van der Waals surface area contributed by atoms with Crippen molar-refractivity contribution in [3.05, 3.63) is 40.3 Å². The Hall–Kier alpha value is -2.17. The minimum Gasteiger partial charge on any atom is -0.348 e. The molecule has 1 aromatic heterocycles. The van der Waals surface area contributed by atoms with E-state index >= 15 is 0 Å². The van der Waals surface area contributed by atoms with Gasteiger partial charge in [-0.25, -0.2) is 5.10 Å². The Morgan fingerprint density at radius 2 is 1.84 bits per heavy atom. The van der Waals surface area contributed by atoms with E-state index in [1.807, 2.05) is 20.8 Å². The fourth-order valence-corrected chi connectivity index (χ4v) is 1.73. The molecule has 0 aliphatic rings. The molecule has 0 aliphatic heterocycles. The molecular weight excluding hydrogens is 242 g/mol. The molecule has 0 saturated heterocycles. The number of nitrogens with one attached hydrogen (secondary N) is 2. The lowest BCUT2D eigenvalue weighted by Gasteiger charge is -2.17. The van der Waals surface area contributed by atoms with Crippen LogP contribution in [-0.4, -0.2) is 22.1 Å². The van der Waals surface area contributed by atoms with Crippen molar-refractivity contribution in [2.75, 3.05) is 0 Å². The summed E-state index contributed by atoms with van der Waals surface area (Å²) in [7, 11) is 0. The van der Waals surface area contributed by atoms with Gasteiger partial charge in [0.15, 0.2) is 5.69 Å². The van der Waals surface area contributed by atoms with Gasteiger partial charge < -0.3 is 5.32 Å². The zero-order chi connectivity index (χ0) is 14.0. The summed E-state index contributed by atoms with van der Waals surface area (Å²) in [5.74, 6) is 0.0617. The summed E-state index contributed by atoms with van der Waals surface area (Å²) in [6, 6.07) is 6.99. The molecule has 2 rings (SSSR count). The van der Waals surface area contributed by atoms with E-state index in [0.717, 1.165) is 0 Å². The lowest BCUT2D eigenvalue weighted by atomic mass is 10.1. The second-order valence-corrected chi connectivity index (χ2v) is 4.95. The third kappa shape index (κ3) is 2.65. The first kappa shape index (κ1) is 13.3. The summed E-state index contributed by atoms with van der Waals surface area (Å²) in [6.45, 7) is 6.00. The Morgan fingerprint density at radius 1 is 1.21 bits per heavy atom. The molecule has 5 nitrogen and oxygen atoms in total. The Kier molecular flexibility index (Phi) is 3.64. The van der Waals surface area contributed by atoms with E-state index in [1.165, 1.54) is 0 Å². The number of H-pyrrole nitrogens is 1. The first-order chi connectivity index (χ1) is 9.00. The Bertz CT molecular complexity index is 661. The van der Waals surface area contributed by atoms with Crippen molar-refractivity contribution in [3.8, 4) is 0 Å². The zero-order valence-corrected chi connectivity index (χ0v) is 11.2. The van der Waals surface area contributed by atoms with E-state index in [2.05, 4.69) is 15.5 Å². The van der Waals surface area contributed by atoms with E-state index < -0.39 is 0 Å². The van der Waals surface area contributed by atoms with Crippen molar-refractivity contribution in [1.29, 1.82) is 0 Å². The van der Waals surface area contributed by atoms with Gasteiger partial charge in [-0.1, -0.05) is 32.0 Å². The fourth-order valence-electron chi connectivity index (χ4n) is 1.73. The SMILES string of the molecule is CC(C)[C@H](C)NC(=O)c1n[nH]c(=O)c2ccccc12. The van der Waals surface area contributed by atoms with Crippen LogP contribution in [0.4, 0.5) is 0 Å². The number of carbonyl (C=O) groups excluding carboxylic acids is 1. The lowest BCUT2D eigenvalue weighted by Crippen LogP contribution is -2.37. The van der Waals surface area contributed by atoms with Crippen LogP contribution in [0.1, 0.15) is 31.3 Å². The number of hydrogen-bond donors (Lipinski definition) is 2. The highest BCUT2D eigenvalue weighted by molar-refractivity contribution is 6.04. The maximum absolute atomic E-state index is 12.2. The number of nitrogens with zero attached hydrogens (tertiary/aromatic N) is 1. The molecule has 100 valence electrons. The number of hydrogen-bond acceptors (Lipinski definition) is 3. The topological polar surface area (TPSA) is 74.8 Å². The van der Waals surface area contributed by atoms with Gasteiger partial charge in [0.05, 0.1) is 5.39 Å². The molecule has 19 heavy (non-hydrogen) atoms. The Balaban J connectivity index is 2.43. The second-order valence-electron chi connectivity index (χ2n) is 4.95. The van der Waals surface area contributed by atoms with Crippen LogP contribution in [0.25, 0.3) is 10.8 Å². The van der Waals surface area contributed by atoms with E-state index in [-0.39, 0.29) is 23.2 Å². The van der Waals surface area contributed by atoms with Crippen molar-refractivity contribution >= 4 is 16.7 Å². The van der Waals surface area contributed by atoms with Gasteiger partial charge in [0.2, 0.25) is 0 Å². The Morgan fingerprint density at radius 3 is 2.47 bits per heavy atom. The molecule has 0 spiro atoms. The van der Waals surface area contributed by atoms with Crippen molar-refractivity contribution < 1.29 is 4.79 Å². The minimum absolute atomic E-state index is 0.0417. The average molecular weight is 259 g/mol. The lowest BCUT2D eigenvalue weighted by molar-refractivity contribution is 0.0926. The molecular formula is C14H17N3O2. The maximum Gasteiger partial charge on any atom is 0.272 e. The first-order valence-electron chi connectivity index (χ1n) is 6.29. The molecule has 0 aliphatic carbocycles. The molecule has 0 radical (unpaired) electrons. The van der Waals surface area contributed by atoms with Crippen LogP contribution in [0, 0.1) is 5.92 Å². The largest absolute Gasteiger partial charge is 0.348 e. The molecule has 1 atom stereocenters. The number of rotatable bonds is 3. The van der Waals surface area contributed by atoms with Crippen molar-refractivity contribution in [2.24, 2.45) is 5.92 Å². The van der Waals surface area contributed by atoms with Gasteiger partial charge in [-0.3, -0.25) is 9.59 Å². The second kappa shape index (κ2) is 5.22. The molecule has 2 N–H and O–H groups in total. The standard InChI is InChI=1S/C14H17N3O2/c1-8(2)9(3)15-14(19)12-10-6-4-5-7-11(10)13(18)17-16-12/h4-9H,1-3H3,(H,15,19)(H,17,18)/t9-/m0/s1. The Labute approximate surface area is 111 Å². The average Bonchev–Trinajstić information content (AvgIpc) is 2.39. The van der Waals surface area contributed by atoms with E-state index in [9.17, 15) is 9.59 Å². The zero-order valence-electron chi connectivity index (χ0n) is 11.2. The summed E-state index contributed by atoms with van der Waals surface area (Å²) in [5.41, 5.74) is -0.0354. The van der Waals surface area contributed by atoms with Crippen molar-refractivity contribution in [3.63, 3.8) is 0 Å². The first-order valence-corrected chi connectivity index (χ1v) is 6.29. The van der Waals surface area contributed by atoms with Crippen LogP contribution < -0.4 is 10.9 Å². The van der Waals surface area contributed by atoms with Gasteiger partial charge in [0.25, 0.3) is 11.5 Å². The van der Waals surface area contributed by atoms with E-state index in [0.29, 0.717) is 16.7 Å². The van der Waals surface area contributed by atoms with Gasteiger partial charge in [0.1, 0.15) is 0 Å². The van der Waals surface area contributed by atoms with Gasteiger partial charge >= 0.3 is 0 Å². The monoisotopic (exact) mass is 259 g/mol. The fraction of sp³-hybridized carbons (Fsp3) is 0.357. The summed E-state index contributed by atoms with van der Waals surface area (Å²) in [5, 5.41) is 10.2. The highest BCUT2D eigenvalue weighted by atomic mass is 16.2. The molecule has 5 heteroatoms. The summed E-state index contributed by atoms with van der Waals surface area (Å²) >= 11 is 0. The number of aromatic amines is 1. The number of aromatic nitrogens is 2. The van der Waals surface area contributed by atoms with Gasteiger partial charge in [-0.15, -0.1) is 0 Å². The van der Waals surface area contributed by atoms with Gasteiger partial charge in [0, 0.05) is 11.4 Å². The van der Waals surface area contributed by atoms with Crippen molar-refractivity contribution in [2.45, 2.75) is 26.8 Å². The molecule has 0 bridgehead atoms. The number of carbonyl (C=O) groups is 1. The minimum atomic E-state index is -0.288. The molecule has 2 aromatic rings. The predicted octanol–water partition coefficient (Wildman–Crippen LogP) is 1.70. The summed E-state index contributed by atoms with van der Waals surface area (Å²) < 4.78 is 0. The quantitative estimate of drug-likeness (QED) is 0.881. The molecule has 0 fully saturated rings. The van der Waals surface area contributed by atoms with Gasteiger partial charge in [-0.2, -0.15) is 5.10 Å². The van der Waals surface area contributed by atoms with E-state index in [4.69, 9.17) is 0 Å². The molecule has 0 unspecified atom stereocenters. The van der Waals surface area contributed by atoms with Crippen LogP contribution in [0.15, 0.2) is 29.1 Å². The smallest absolute Gasteiger partial charge is 0.272 e. The van der Waals surface area contributed by atoms with Crippen LogP contribution in [0.5, 0.6) is 0 Å². The normalized spacial score (nSPS) is 12.6. The summed E-state index contributed by atoms with van der Waals surface area (Å²) in [4.78, 5) is 23.8. The van der Waals surface area contributed by atoms with Crippen molar-refractivity contribution in [1.82, 2.24) is 15.5 Å². The predicted molar refractivity (Wildman–Crippen MR) is 74.1 cm³/mol. The molecule has 0 saturated carbocycles. The summed E-state index contributed by atoms with van der Waals surface area (Å²) in [6.07, 6.45) is 0. The van der Waals surface area contributed by atoms with Crippen LogP contribution in [0.2, 0.25) is 0 Å². The van der Waals surface area contributed by atoms with Gasteiger partial charge in [-0.05, 0) is 18.9 Å². The highest BCUT2D eigenvalue weighted by Gasteiger charge is 2.17. The van der Waals surface area contributed by atoms with Crippen LogP contribution in [0.3, 0.4) is 0 Å². The number of amides is 1. The maximum atomic E-state index is 12.2. The number of fused-ring (bicyclic) bond motifs is 1. The van der Waals surface area contributed by atoms with E-state index in [1.54, 1.807) is 24.3 Å². The molecule has 1 heterocycles. The third-order valence-electron chi connectivity index (χ3n) is 3.27. The molecule has 1 amide bonds. The third-order valence-corrected chi connectivity index (χ3v) is 3.27. The molecule has 1 aromatic carbocycles. The van der Waals surface area contributed by atoms with Crippen LogP contribution in [-0.2, 0) is 0 Å². The van der Waals surface area contributed by atoms with Crippen LogP contribution >= 0.6 is 0 Å².